The second-order valence-electron chi connectivity index (χ2n) is 6.27. The predicted molar refractivity (Wildman–Crippen MR) is 79.1 cm³/mol. The van der Waals surface area contributed by atoms with Crippen molar-refractivity contribution in [2.45, 2.75) is 44.6 Å². The first kappa shape index (κ1) is 12.6. The second kappa shape index (κ2) is 5.02. The van der Waals surface area contributed by atoms with Gasteiger partial charge in [0.05, 0.1) is 0 Å². The number of hydrogen-bond acceptors (Lipinski definition) is 5. The molecule has 3 aliphatic rings. The largest absolute Gasteiger partial charge is 0.351 e. The van der Waals surface area contributed by atoms with Gasteiger partial charge in [-0.3, -0.25) is 0 Å². The van der Waals surface area contributed by atoms with Crippen LogP contribution in [0.5, 0.6) is 0 Å². The van der Waals surface area contributed by atoms with E-state index in [0.29, 0.717) is 17.3 Å². The predicted octanol–water partition coefficient (Wildman–Crippen LogP) is 2.73. The highest BCUT2D eigenvalue weighted by Crippen LogP contribution is 2.45. The molecule has 4 rings (SSSR count). The van der Waals surface area contributed by atoms with Gasteiger partial charge in [-0.05, 0) is 62.0 Å². The van der Waals surface area contributed by atoms with E-state index in [9.17, 15) is 0 Å². The molecule has 2 heterocycles. The highest BCUT2D eigenvalue weighted by atomic mass is 35.5. The van der Waals surface area contributed by atoms with Gasteiger partial charge in [0, 0.05) is 19.1 Å². The van der Waals surface area contributed by atoms with E-state index in [1.807, 2.05) is 0 Å². The molecule has 20 heavy (non-hydrogen) atoms. The maximum Gasteiger partial charge on any atom is 0.231 e. The summed E-state index contributed by atoms with van der Waals surface area (Å²) >= 11 is 6.07. The summed E-state index contributed by atoms with van der Waals surface area (Å²) in [5.41, 5.74) is 0. The van der Waals surface area contributed by atoms with Gasteiger partial charge in [0.15, 0.2) is 0 Å². The number of nitrogens with one attached hydrogen (secondary N) is 1. The van der Waals surface area contributed by atoms with Crippen LogP contribution < -0.4 is 10.2 Å². The Morgan fingerprint density at radius 1 is 1.00 bits per heavy atom. The molecule has 108 valence electrons. The molecule has 0 aromatic carbocycles. The summed E-state index contributed by atoms with van der Waals surface area (Å²) in [6.45, 7) is 2.04. The summed E-state index contributed by atoms with van der Waals surface area (Å²) in [5, 5.41) is 3.83. The first-order valence-corrected chi connectivity index (χ1v) is 8.10. The van der Waals surface area contributed by atoms with Crippen LogP contribution in [0.25, 0.3) is 0 Å². The number of aromatic nitrogens is 3. The third-order valence-corrected chi connectivity index (χ3v) is 4.71. The molecular weight excluding hydrogens is 274 g/mol. The van der Waals surface area contributed by atoms with E-state index in [2.05, 4.69) is 25.2 Å². The maximum absolute atomic E-state index is 6.07. The van der Waals surface area contributed by atoms with Gasteiger partial charge >= 0.3 is 0 Å². The van der Waals surface area contributed by atoms with Gasteiger partial charge in [-0.1, -0.05) is 0 Å². The smallest absolute Gasteiger partial charge is 0.231 e. The fourth-order valence-corrected chi connectivity index (χ4v) is 3.30. The van der Waals surface area contributed by atoms with Gasteiger partial charge in [-0.2, -0.15) is 15.0 Å². The van der Waals surface area contributed by atoms with Crippen molar-refractivity contribution < 1.29 is 0 Å². The van der Waals surface area contributed by atoms with Crippen LogP contribution in [0.15, 0.2) is 0 Å². The van der Waals surface area contributed by atoms with E-state index in [1.165, 1.54) is 38.5 Å². The van der Waals surface area contributed by atoms with Crippen molar-refractivity contribution in [3.05, 3.63) is 5.28 Å². The number of nitrogens with zero attached hydrogens (tertiary/aromatic N) is 4. The monoisotopic (exact) mass is 293 g/mol. The van der Waals surface area contributed by atoms with Crippen molar-refractivity contribution in [2.24, 2.45) is 11.8 Å². The molecule has 0 bridgehead atoms. The first-order valence-electron chi connectivity index (χ1n) is 7.73. The number of anilines is 2. The highest BCUT2D eigenvalue weighted by Gasteiger charge is 2.41. The Morgan fingerprint density at radius 3 is 2.25 bits per heavy atom. The average molecular weight is 294 g/mol. The zero-order valence-electron chi connectivity index (χ0n) is 11.6. The molecule has 1 N–H and O–H groups in total. The zero-order chi connectivity index (χ0) is 13.5. The van der Waals surface area contributed by atoms with Crippen LogP contribution in [0.3, 0.4) is 0 Å². The molecule has 0 radical (unpaired) electrons. The Balaban J connectivity index is 1.54. The van der Waals surface area contributed by atoms with Crippen LogP contribution in [0.1, 0.15) is 38.5 Å². The fourth-order valence-electron chi connectivity index (χ4n) is 3.14. The van der Waals surface area contributed by atoms with Crippen molar-refractivity contribution in [1.29, 1.82) is 0 Å². The SMILES string of the molecule is Clc1nc(NC(C2CC2)C2CC2)nc(N2CCCC2)n1. The minimum atomic E-state index is 0.301. The van der Waals surface area contributed by atoms with Crippen LogP contribution in [0.2, 0.25) is 5.28 Å². The molecule has 0 atom stereocenters. The molecule has 5 nitrogen and oxygen atoms in total. The molecule has 1 aromatic heterocycles. The maximum atomic E-state index is 6.07. The number of hydrogen-bond donors (Lipinski definition) is 1. The Kier molecular flexibility index (Phi) is 3.17. The topological polar surface area (TPSA) is 53.9 Å². The molecule has 0 amide bonds. The summed E-state index contributed by atoms with van der Waals surface area (Å²) < 4.78 is 0. The molecule has 2 saturated carbocycles. The van der Waals surface area contributed by atoms with Gasteiger partial charge < -0.3 is 10.2 Å². The van der Waals surface area contributed by atoms with Crippen LogP contribution >= 0.6 is 11.6 Å². The van der Waals surface area contributed by atoms with Crippen molar-refractivity contribution >= 4 is 23.5 Å². The molecule has 3 fully saturated rings. The standard InChI is InChI=1S/C14H20ClN5/c15-12-17-13(16-11(9-3-4-9)10-5-6-10)19-14(18-12)20-7-1-2-8-20/h9-11H,1-8H2,(H,16,17,18,19). The Hall–Kier alpha value is -1.10. The van der Waals surface area contributed by atoms with Gasteiger partial charge in [-0.15, -0.1) is 0 Å². The van der Waals surface area contributed by atoms with Crippen molar-refractivity contribution in [1.82, 2.24) is 15.0 Å². The minimum absolute atomic E-state index is 0.301. The number of halogens is 1. The fraction of sp³-hybridized carbons (Fsp3) is 0.786. The van der Waals surface area contributed by atoms with Crippen molar-refractivity contribution in [2.75, 3.05) is 23.3 Å². The van der Waals surface area contributed by atoms with Gasteiger partial charge in [-0.25, -0.2) is 0 Å². The molecule has 0 spiro atoms. The lowest BCUT2D eigenvalue weighted by atomic mass is 10.1. The summed E-state index contributed by atoms with van der Waals surface area (Å²) in [6, 6.07) is 0.542. The summed E-state index contributed by atoms with van der Waals surface area (Å²) in [6.07, 6.45) is 7.77. The van der Waals surface area contributed by atoms with E-state index >= 15 is 0 Å². The van der Waals surface area contributed by atoms with Crippen LogP contribution in [-0.4, -0.2) is 34.1 Å². The van der Waals surface area contributed by atoms with E-state index in [1.54, 1.807) is 0 Å². The van der Waals surface area contributed by atoms with Gasteiger partial charge in [0.1, 0.15) is 0 Å². The third kappa shape index (κ3) is 2.68. The minimum Gasteiger partial charge on any atom is -0.351 e. The summed E-state index contributed by atoms with van der Waals surface area (Å²) in [4.78, 5) is 15.3. The Morgan fingerprint density at radius 2 is 1.65 bits per heavy atom. The molecule has 1 aliphatic heterocycles. The van der Waals surface area contributed by atoms with E-state index in [4.69, 9.17) is 11.6 Å². The lowest BCUT2D eigenvalue weighted by Crippen LogP contribution is -2.27. The Labute approximate surface area is 124 Å². The van der Waals surface area contributed by atoms with Crippen LogP contribution in [0, 0.1) is 11.8 Å². The molecular formula is C14H20ClN5. The lowest BCUT2D eigenvalue weighted by Gasteiger charge is -2.20. The van der Waals surface area contributed by atoms with Gasteiger partial charge in [0.2, 0.25) is 17.2 Å². The lowest BCUT2D eigenvalue weighted by molar-refractivity contribution is 0.562. The third-order valence-electron chi connectivity index (χ3n) is 4.54. The van der Waals surface area contributed by atoms with Crippen molar-refractivity contribution in [3.8, 4) is 0 Å². The van der Waals surface area contributed by atoms with E-state index in [0.717, 1.165) is 30.9 Å². The van der Waals surface area contributed by atoms with E-state index < -0.39 is 0 Å². The zero-order valence-corrected chi connectivity index (χ0v) is 12.3. The van der Waals surface area contributed by atoms with Crippen molar-refractivity contribution in [3.63, 3.8) is 0 Å². The molecule has 1 aromatic rings. The van der Waals surface area contributed by atoms with Crippen LogP contribution in [0.4, 0.5) is 11.9 Å². The molecule has 0 unspecified atom stereocenters. The quantitative estimate of drug-likeness (QED) is 0.904. The summed E-state index contributed by atoms with van der Waals surface area (Å²) in [7, 11) is 0. The average Bonchev–Trinajstić information content (AvgIpc) is 3.35. The summed E-state index contributed by atoms with van der Waals surface area (Å²) in [5.74, 6) is 3.02. The Bertz CT molecular complexity index is 482. The molecule has 1 saturated heterocycles. The van der Waals surface area contributed by atoms with Crippen LogP contribution in [-0.2, 0) is 0 Å². The molecule has 6 heteroatoms. The molecule has 2 aliphatic carbocycles. The first-order chi connectivity index (χ1) is 9.79. The normalized spacial score (nSPS) is 22.6. The highest BCUT2D eigenvalue weighted by molar-refractivity contribution is 6.28. The van der Waals surface area contributed by atoms with E-state index in [-0.39, 0.29) is 0 Å². The second-order valence-corrected chi connectivity index (χ2v) is 6.61. The van der Waals surface area contributed by atoms with Gasteiger partial charge in [0.25, 0.3) is 0 Å². The number of rotatable bonds is 5.